The number of hydrogen-bond acceptors (Lipinski definition) is 3. The van der Waals surface area contributed by atoms with Crippen LogP contribution in [0.5, 0.6) is 0 Å². The van der Waals surface area contributed by atoms with Gasteiger partial charge in [0.05, 0.1) is 20.8 Å². The van der Waals surface area contributed by atoms with Gasteiger partial charge in [-0.1, -0.05) is 37.0 Å². The molecule has 0 aromatic carbocycles. The molecule has 0 bridgehead atoms. The smallest absolute Gasteiger partial charge is 0.163 e. The zero-order valence-corrected chi connectivity index (χ0v) is 13.0. The van der Waals surface area contributed by atoms with Gasteiger partial charge in [-0.2, -0.15) is 0 Å². The van der Waals surface area contributed by atoms with E-state index in [4.69, 9.17) is 14.2 Å². The third-order valence-corrected chi connectivity index (χ3v) is 5.61. The minimum atomic E-state index is -1.37. The van der Waals surface area contributed by atoms with E-state index >= 15 is 0 Å². The van der Waals surface area contributed by atoms with E-state index < -0.39 is 13.9 Å². The van der Waals surface area contributed by atoms with Gasteiger partial charge in [0.1, 0.15) is 12.2 Å². The van der Waals surface area contributed by atoms with Crippen molar-refractivity contribution in [2.45, 2.75) is 57.6 Å². The molecule has 0 radical (unpaired) electrons. The lowest BCUT2D eigenvalue weighted by Gasteiger charge is -2.23. The Labute approximate surface area is 111 Å². The highest BCUT2D eigenvalue weighted by Crippen LogP contribution is 2.34. The summed E-state index contributed by atoms with van der Waals surface area (Å²) in [6, 6.07) is 0. The highest BCUT2D eigenvalue weighted by molar-refractivity contribution is 6.83. The van der Waals surface area contributed by atoms with Crippen LogP contribution in [0, 0.1) is 0 Å². The summed E-state index contributed by atoms with van der Waals surface area (Å²) in [5.74, 6) is -0.493. The van der Waals surface area contributed by atoms with Crippen molar-refractivity contribution in [1.82, 2.24) is 0 Å². The Balaban J connectivity index is 2.14. The molecule has 0 unspecified atom stereocenters. The van der Waals surface area contributed by atoms with Gasteiger partial charge in [-0.15, -0.1) is 6.58 Å². The first-order valence-corrected chi connectivity index (χ1v) is 10.0. The van der Waals surface area contributed by atoms with Crippen LogP contribution >= 0.6 is 0 Å². The zero-order chi connectivity index (χ0) is 13.6. The van der Waals surface area contributed by atoms with Crippen LogP contribution in [0.2, 0.25) is 19.6 Å². The second-order valence-electron chi connectivity index (χ2n) is 6.50. The predicted molar refractivity (Wildman–Crippen MR) is 75.2 cm³/mol. The van der Waals surface area contributed by atoms with E-state index in [2.05, 4.69) is 32.3 Å². The standard InChI is InChI=1S/C14H24O3Si/c1-7-10-13(18(4,5)6)8-11(16-10)12-9-15-14(2,3)17-12/h7-8,10-12H,1,9H2,2-6H3/t10-,11+,12+/m0/s1. The van der Waals surface area contributed by atoms with Gasteiger partial charge >= 0.3 is 0 Å². The van der Waals surface area contributed by atoms with Gasteiger partial charge in [0, 0.05) is 0 Å². The van der Waals surface area contributed by atoms with Gasteiger partial charge in [0.2, 0.25) is 0 Å². The average Bonchev–Trinajstić information content (AvgIpc) is 2.79. The van der Waals surface area contributed by atoms with E-state index in [1.165, 1.54) is 5.20 Å². The summed E-state index contributed by atoms with van der Waals surface area (Å²) in [6.45, 7) is 15.3. The Kier molecular flexibility index (Phi) is 3.58. The normalized spacial score (nSPS) is 35.6. The third kappa shape index (κ3) is 2.77. The van der Waals surface area contributed by atoms with Crippen LogP contribution < -0.4 is 0 Å². The monoisotopic (exact) mass is 268 g/mol. The molecule has 1 saturated heterocycles. The summed E-state index contributed by atoms with van der Waals surface area (Å²) in [5.41, 5.74) is 0. The fourth-order valence-electron chi connectivity index (χ4n) is 2.49. The second-order valence-corrected chi connectivity index (χ2v) is 11.6. The Morgan fingerprint density at radius 2 is 2.06 bits per heavy atom. The van der Waals surface area contributed by atoms with Crippen molar-refractivity contribution >= 4 is 8.07 Å². The van der Waals surface area contributed by atoms with Crippen LogP contribution in [-0.4, -0.2) is 38.8 Å². The minimum Gasteiger partial charge on any atom is -0.360 e. The molecule has 0 aromatic heterocycles. The number of ether oxygens (including phenoxy) is 3. The molecule has 3 atom stereocenters. The van der Waals surface area contributed by atoms with E-state index in [-0.39, 0.29) is 18.3 Å². The van der Waals surface area contributed by atoms with Crippen molar-refractivity contribution in [3.05, 3.63) is 23.9 Å². The van der Waals surface area contributed by atoms with Crippen molar-refractivity contribution < 1.29 is 14.2 Å². The molecule has 0 saturated carbocycles. The highest BCUT2D eigenvalue weighted by Gasteiger charge is 2.42. The third-order valence-electron chi connectivity index (χ3n) is 3.43. The lowest BCUT2D eigenvalue weighted by atomic mass is 10.2. The molecule has 2 aliphatic rings. The molecule has 4 heteroatoms. The average molecular weight is 268 g/mol. The molecule has 0 aromatic rings. The van der Waals surface area contributed by atoms with Crippen molar-refractivity contribution in [3.8, 4) is 0 Å². The van der Waals surface area contributed by atoms with Crippen molar-refractivity contribution in [1.29, 1.82) is 0 Å². The first-order valence-electron chi connectivity index (χ1n) is 6.55. The van der Waals surface area contributed by atoms with Crippen LogP contribution in [0.4, 0.5) is 0 Å². The molecule has 0 aliphatic carbocycles. The predicted octanol–water partition coefficient (Wildman–Crippen LogP) is 2.90. The molecular weight excluding hydrogens is 244 g/mol. The maximum atomic E-state index is 6.05. The van der Waals surface area contributed by atoms with E-state index in [0.717, 1.165) is 0 Å². The number of rotatable bonds is 3. The second kappa shape index (κ2) is 4.60. The first kappa shape index (κ1) is 14.0. The van der Waals surface area contributed by atoms with Crippen molar-refractivity contribution in [3.63, 3.8) is 0 Å². The topological polar surface area (TPSA) is 27.7 Å². The molecule has 0 N–H and O–H groups in total. The molecule has 0 amide bonds. The van der Waals surface area contributed by atoms with Gasteiger partial charge < -0.3 is 14.2 Å². The van der Waals surface area contributed by atoms with Crippen LogP contribution in [0.1, 0.15) is 13.8 Å². The molecule has 2 aliphatic heterocycles. The summed E-state index contributed by atoms with van der Waals surface area (Å²) in [6.07, 6.45) is 4.18. The van der Waals surface area contributed by atoms with Crippen LogP contribution in [-0.2, 0) is 14.2 Å². The molecule has 102 valence electrons. The zero-order valence-electron chi connectivity index (χ0n) is 12.0. The van der Waals surface area contributed by atoms with E-state index in [1.807, 2.05) is 19.9 Å². The summed E-state index contributed by atoms with van der Waals surface area (Å²) in [5, 5.41) is 1.41. The highest BCUT2D eigenvalue weighted by atomic mass is 28.3. The number of hydrogen-bond donors (Lipinski definition) is 0. The quantitative estimate of drug-likeness (QED) is 0.582. The van der Waals surface area contributed by atoms with Crippen molar-refractivity contribution in [2.75, 3.05) is 6.61 Å². The van der Waals surface area contributed by atoms with Crippen LogP contribution in [0.25, 0.3) is 0 Å². The Morgan fingerprint density at radius 1 is 1.39 bits per heavy atom. The largest absolute Gasteiger partial charge is 0.360 e. The van der Waals surface area contributed by atoms with Gasteiger partial charge in [0.25, 0.3) is 0 Å². The fourth-order valence-corrected chi connectivity index (χ4v) is 4.19. The lowest BCUT2D eigenvalue weighted by Crippen LogP contribution is -2.31. The molecule has 3 nitrogen and oxygen atoms in total. The molecule has 2 heterocycles. The summed E-state index contributed by atoms with van der Waals surface area (Å²) in [7, 11) is -1.37. The van der Waals surface area contributed by atoms with Gasteiger partial charge in [0.15, 0.2) is 5.79 Å². The SMILES string of the molecule is C=C[C@@H]1O[C@@H]([C@H]2COC(C)(C)O2)C=C1[Si](C)(C)C. The maximum absolute atomic E-state index is 6.05. The summed E-state index contributed by atoms with van der Waals surface area (Å²) < 4.78 is 17.5. The molecule has 1 fully saturated rings. The minimum absolute atomic E-state index is 0.00324. The van der Waals surface area contributed by atoms with Gasteiger partial charge in [-0.3, -0.25) is 0 Å². The molecule has 0 spiro atoms. The van der Waals surface area contributed by atoms with Gasteiger partial charge in [-0.05, 0) is 13.8 Å². The first-order chi connectivity index (χ1) is 8.23. The lowest BCUT2D eigenvalue weighted by molar-refractivity contribution is -0.151. The molecule has 2 rings (SSSR count). The summed E-state index contributed by atoms with van der Waals surface area (Å²) >= 11 is 0. The van der Waals surface area contributed by atoms with Crippen molar-refractivity contribution in [2.24, 2.45) is 0 Å². The van der Waals surface area contributed by atoms with E-state index in [1.54, 1.807) is 0 Å². The Hall–Kier alpha value is -0.423. The van der Waals surface area contributed by atoms with E-state index in [0.29, 0.717) is 6.61 Å². The van der Waals surface area contributed by atoms with E-state index in [9.17, 15) is 0 Å². The van der Waals surface area contributed by atoms with Crippen LogP contribution in [0.15, 0.2) is 23.9 Å². The Morgan fingerprint density at radius 3 is 2.44 bits per heavy atom. The molecular formula is C14H24O3Si. The maximum Gasteiger partial charge on any atom is 0.163 e. The van der Waals surface area contributed by atoms with Crippen LogP contribution in [0.3, 0.4) is 0 Å². The van der Waals surface area contributed by atoms with Gasteiger partial charge in [-0.25, -0.2) is 0 Å². The fraction of sp³-hybridized carbons (Fsp3) is 0.714. The molecule has 18 heavy (non-hydrogen) atoms. The summed E-state index contributed by atoms with van der Waals surface area (Å²) in [4.78, 5) is 0. The Bertz CT molecular complexity index is 368.